The predicted molar refractivity (Wildman–Crippen MR) is 125 cm³/mol. The van der Waals surface area contributed by atoms with Gasteiger partial charge in [-0.05, 0) is 43.5 Å². The van der Waals surface area contributed by atoms with Crippen molar-refractivity contribution in [1.82, 2.24) is 13.8 Å². The van der Waals surface area contributed by atoms with E-state index in [0.717, 1.165) is 25.5 Å². The summed E-state index contributed by atoms with van der Waals surface area (Å²) in [5.41, 5.74) is 0.301. The standard InChI is InChI=1S/C22H31N3O6S2/c1-23(11-8-14-31-18-9-7-10-19(15-18)32(3,27)28)22(26)21-16-20(17-24(21)2)33(29,30)25-12-5-4-6-13-25/h7,9-10,15-17H,4-6,8,11-14H2,1-3H3. The lowest BCUT2D eigenvalue weighted by atomic mass is 10.2. The molecular weight excluding hydrogens is 466 g/mol. The molecule has 3 rings (SSSR count). The van der Waals surface area contributed by atoms with E-state index in [1.165, 1.54) is 33.6 Å². The van der Waals surface area contributed by atoms with Crippen molar-refractivity contribution in [3.63, 3.8) is 0 Å². The molecule has 0 unspecified atom stereocenters. The van der Waals surface area contributed by atoms with Crippen LogP contribution in [0.5, 0.6) is 5.75 Å². The SMILES string of the molecule is CN(CCCOc1cccc(S(C)(=O)=O)c1)C(=O)c1cc(S(=O)(=O)N2CCCCC2)cn1C. The van der Waals surface area contributed by atoms with Gasteiger partial charge in [0.15, 0.2) is 9.84 Å². The maximum absolute atomic E-state index is 12.9. The van der Waals surface area contributed by atoms with E-state index in [-0.39, 0.29) is 15.7 Å². The number of aryl methyl sites for hydroxylation is 1. The smallest absolute Gasteiger partial charge is 0.270 e. The van der Waals surface area contributed by atoms with Crippen molar-refractivity contribution >= 4 is 25.8 Å². The monoisotopic (exact) mass is 497 g/mol. The van der Waals surface area contributed by atoms with Gasteiger partial charge in [0.1, 0.15) is 16.3 Å². The number of rotatable bonds is 9. The molecule has 0 spiro atoms. The van der Waals surface area contributed by atoms with Crippen molar-refractivity contribution in [2.75, 3.05) is 39.5 Å². The number of sulfone groups is 1. The van der Waals surface area contributed by atoms with Gasteiger partial charge in [-0.2, -0.15) is 4.31 Å². The molecule has 1 aromatic heterocycles. The van der Waals surface area contributed by atoms with Crippen molar-refractivity contribution in [2.24, 2.45) is 7.05 Å². The van der Waals surface area contributed by atoms with Crippen LogP contribution in [0.15, 0.2) is 46.3 Å². The first-order chi connectivity index (χ1) is 15.5. The van der Waals surface area contributed by atoms with Crippen LogP contribution in [0.3, 0.4) is 0 Å². The van der Waals surface area contributed by atoms with E-state index in [2.05, 4.69) is 0 Å². The molecule has 1 amide bonds. The van der Waals surface area contributed by atoms with Crippen molar-refractivity contribution < 1.29 is 26.4 Å². The molecule has 1 aromatic carbocycles. The van der Waals surface area contributed by atoms with Crippen LogP contribution in [0.4, 0.5) is 0 Å². The van der Waals surface area contributed by atoms with Gasteiger partial charge in [-0.15, -0.1) is 0 Å². The predicted octanol–water partition coefficient (Wildman–Crippen LogP) is 2.14. The molecule has 1 aliphatic heterocycles. The molecular formula is C22H31N3O6S2. The fraction of sp³-hybridized carbons (Fsp3) is 0.500. The molecule has 0 saturated carbocycles. The van der Waals surface area contributed by atoms with E-state index in [4.69, 9.17) is 4.74 Å². The Morgan fingerprint density at radius 1 is 1.06 bits per heavy atom. The van der Waals surface area contributed by atoms with Crippen LogP contribution in [0.1, 0.15) is 36.2 Å². The van der Waals surface area contributed by atoms with Crippen LogP contribution in [-0.2, 0) is 26.9 Å². The second kappa shape index (κ2) is 10.3. The molecule has 2 aromatic rings. The highest BCUT2D eigenvalue weighted by Crippen LogP contribution is 2.23. The number of carbonyl (C=O) groups excluding carboxylic acids is 1. The summed E-state index contributed by atoms with van der Waals surface area (Å²) >= 11 is 0. The lowest BCUT2D eigenvalue weighted by molar-refractivity contribution is 0.0778. The van der Waals surface area contributed by atoms with Gasteiger partial charge < -0.3 is 14.2 Å². The lowest BCUT2D eigenvalue weighted by Crippen LogP contribution is -2.35. The summed E-state index contributed by atoms with van der Waals surface area (Å²) in [6, 6.07) is 7.72. The maximum Gasteiger partial charge on any atom is 0.270 e. The molecule has 0 aliphatic carbocycles. The van der Waals surface area contributed by atoms with Crippen LogP contribution in [0.25, 0.3) is 0 Å². The van der Waals surface area contributed by atoms with Gasteiger partial charge >= 0.3 is 0 Å². The Bertz CT molecular complexity index is 1200. The molecule has 1 fully saturated rings. The van der Waals surface area contributed by atoms with Gasteiger partial charge in [-0.3, -0.25) is 4.79 Å². The summed E-state index contributed by atoms with van der Waals surface area (Å²) in [6.45, 7) is 1.71. The first-order valence-corrected chi connectivity index (χ1v) is 14.2. The van der Waals surface area contributed by atoms with E-state index >= 15 is 0 Å². The van der Waals surface area contributed by atoms with Crippen molar-refractivity contribution in [3.05, 3.63) is 42.2 Å². The van der Waals surface area contributed by atoms with Crippen LogP contribution >= 0.6 is 0 Å². The van der Waals surface area contributed by atoms with Crippen LogP contribution < -0.4 is 4.74 Å². The molecule has 9 nitrogen and oxygen atoms in total. The number of nitrogens with zero attached hydrogens (tertiary/aromatic N) is 3. The van der Waals surface area contributed by atoms with Gasteiger partial charge in [0.2, 0.25) is 10.0 Å². The largest absolute Gasteiger partial charge is 0.493 e. The number of carbonyl (C=O) groups is 1. The van der Waals surface area contributed by atoms with E-state index in [1.54, 1.807) is 30.8 Å². The first kappa shape index (κ1) is 25.3. The highest BCUT2D eigenvalue weighted by Gasteiger charge is 2.29. The summed E-state index contributed by atoms with van der Waals surface area (Å²) in [5.74, 6) is 0.165. The van der Waals surface area contributed by atoms with Crippen LogP contribution in [0, 0.1) is 0 Å². The Hall–Kier alpha value is -2.37. The molecule has 0 radical (unpaired) electrons. The number of benzene rings is 1. The van der Waals surface area contributed by atoms with E-state index in [1.807, 2.05) is 0 Å². The molecule has 0 bridgehead atoms. The second-order valence-corrected chi connectivity index (χ2v) is 12.3. The minimum atomic E-state index is -3.61. The highest BCUT2D eigenvalue weighted by atomic mass is 32.2. The number of ether oxygens (including phenoxy) is 1. The molecule has 1 aliphatic rings. The van der Waals surface area contributed by atoms with Gasteiger partial charge in [0.25, 0.3) is 5.91 Å². The fourth-order valence-corrected chi connectivity index (χ4v) is 5.97. The third-order valence-corrected chi connectivity index (χ3v) is 8.61. The topological polar surface area (TPSA) is 106 Å². The molecule has 0 N–H and O–H groups in total. The Balaban J connectivity index is 1.57. The van der Waals surface area contributed by atoms with Crippen molar-refractivity contribution in [2.45, 2.75) is 35.5 Å². The maximum atomic E-state index is 12.9. The van der Waals surface area contributed by atoms with Gasteiger partial charge in [-0.1, -0.05) is 12.5 Å². The zero-order valence-corrected chi connectivity index (χ0v) is 20.9. The Morgan fingerprint density at radius 3 is 2.42 bits per heavy atom. The third-order valence-electron chi connectivity index (χ3n) is 5.64. The first-order valence-electron chi connectivity index (χ1n) is 10.8. The number of hydrogen-bond acceptors (Lipinski definition) is 6. The van der Waals surface area contributed by atoms with Crippen LogP contribution in [0.2, 0.25) is 0 Å². The normalized spacial score (nSPS) is 15.4. The Morgan fingerprint density at radius 2 is 1.76 bits per heavy atom. The van der Waals surface area contributed by atoms with Crippen molar-refractivity contribution in [1.29, 1.82) is 0 Å². The van der Waals surface area contributed by atoms with E-state index in [9.17, 15) is 21.6 Å². The number of piperidine rings is 1. The second-order valence-electron chi connectivity index (χ2n) is 8.31. The minimum absolute atomic E-state index is 0.137. The highest BCUT2D eigenvalue weighted by molar-refractivity contribution is 7.90. The summed E-state index contributed by atoms with van der Waals surface area (Å²) in [6.07, 6.45) is 5.88. The Kier molecular flexibility index (Phi) is 7.86. The molecule has 0 atom stereocenters. The van der Waals surface area contributed by atoms with Gasteiger partial charge in [-0.25, -0.2) is 16.8 Å². The summed E-state index contributed by atoms with van der Waals surface area (Å²) in [7, 11) is -3.61. The zero-order chi connectivity index (χ0) is 24.2. The lowest BCUT2D eigenvalue weighted by Gasteiger charge is -2.25. The third kappa shape index (κ3) is 6.15. The van der Waals surface area contributed by atoms with Gasteiger partial charge in [0, 0.05) is 46.2 Å². The average molecular weight is 498 g/mol. The molecule has 182 valence electrons. The number of sulfonamides is 1. The zero-order valence-electron chi connectivity index (χ0n) is 19.2. The number of aromatic nitrogens is 1. The van der Waals surface area contributed by atoms with E-state index < -0.39 is 19.9 Å². The van der Waals surface area contributed by atoms with Crippen molar-refractivity contribution in [3.8, 4) is 5.75 Å². The summed E-state index contributed by atoms with van der Waals surface area (Å²) in [4.78, 5) is 14.7. The van der Waals surface area contributed by atoms with Crippen LogP contribution in [-0.4, -0.2) is 76.1 Å². The molecule has 1 saturated heterocycles. The average Bonchev–Trinajstić information content (AvgIpc) is 3.18. The molecule has 11 heteroatoms. The number of amides is 1. The minimum Gasteiger partial charge on any atom is -0.493 e. The Labute approximate surface area is 195 Å². The molecule has 33 heavy (non-hydrogen) atoms. The fourth-order valence-electron chi connectivity index (χ4n) is 3.73. The molecule has 2 heterocycles. The summed E-state index contributed by atoms with van der Waals surface area (Å²) in [5, 5.41) is 0. The van der Waals surface area contributed by atoms with Gasteiger partial charge in [0.05, 0.1) is 11.5 Å². The quantitative estimate of drug-likeness (QED) is 0.492. The summed E-state index contributed by atoms with van der Waals surface area (Å²) < 4.78 is 57.8. The number of hydrogen-bond donors (Lipinski definition) is 0. The van der Waals surface area contributed by atoms with E-state index in [0.29, 0.717) is 44.1 Å².